The van der Waals surface area contributed by atoms with E-state index in [4.69, 9.17) is 15.2 Å². The fraction of sp³-hybridized carbons (Fsp3) is 0.167. The van der Waals surface area contributed by atoms with Crippen LogP contribution in [0.1, 0.15) is 0 Å². The van der Waals surface area contributed by atoms with Crippen molar-refractivity contribution in [2.45, 2.75) is 4.90 Å². The van der Waals surface area contributed by atoms with Gasteiger partial charge in [-0.2, -0.15) is 9.97 Å². The molecule has 3 N–H and O–H groups in total. The van der Waals surface area contributed by atoms with Crippen LogP contribution in [-0.2, 0) is 10.0 Å². The van der Waals surface area contributed by atoms with E-state index in [9.17, 15) is 8.42 Å². The second-order valence-corrected chi connectivity index (χ2v) is 5.64. The van der Waals surface area contributed by atoms with E-state index in [1.165, 1.54) is 44.6 Å². The number of hydrogen-bond donors (Lipinski definition) is 2. The van der Waals surface area contributed by atoms with Crippen molar-refractivity contribution in [3.63, 3.8) is 0 Å². The summed E-state index contributed by atoms with van der Waals surface area (Å²) >= 11 is 0. The van der Waals surface area contributed by atoms with Gasteiger partial charge in [-0.25, -0.2) is 8.42 Å². The number of aromatic nitrogens is 2. The van der Waals surface area contributed by atoms with Crippen LogP contribution in [0.3, 0.4) is 0 Å². The summed E-state index contributed by atoms with van der Waals surface area (Å²) in [6, 6.07) is 7.12. The van der Waals surface area contributed by atoms with Gasteiger partial charge in [0.15, 0.2) is 5.82 Å². The number of nitrogens with one attached hydrogen (secondary N) is 1. The largest absolute Gasteiger partial charge is 1.00 e. The summed E-state index contributed by atoms with van der Waals surface area (Å²) in [4.78, 5) is 7.84. The molecule has 112 valence electrons. The Bertz CT molecular complexity index is 715. The van der Waals surface area contributed by atoms with E-state index in [1.807, 2.05) is 0 Å². The zero-order chi connectivity index (χ0) is 15.5. The number of methoxy groups -OCH3 is 2. The summed E-state index contributed by atoms with van der Waals surface area (Å²) in [6.07, 6.45) is 0. The predicted octanol–water partition coefficient (Wildman–Crippen LogP) is -2.12. The number of sulfonamides is 1. The van der Waals surface area contributed by atoms with Crippen LogP contribution in [0.5, 0.6) is 11.9 Å². The van der Waals surface area contributed by atoms with Crippen LogP contribution < -0.4 is 49.5 Å². The maximum absolute atomic E-state index is 12.2. The Hall–Kier alpha value is -1.55. The second-order valence-electron chi connectivity index (χ2n) is 3.96. The van der Waals surface area contributed by atoms with E-state index >= 15 is 0 Å². The number of nitrogens with zero attached hydrogens (tertiary/aromatic N) is 2. The number of benzene rings is 1. The first-order chi connectivity index (χ1) is 9.94. The van der Waals surface area contributed by atoms with Crippen molar-refractivity contribution in [1.82, 2.24) is 9.97 Å². The van der Waals surface area contributed by atoms with Crippen molar-refractivity contribution < 1.29 is 47.4 Å². The smallest absolute Gasteiger partial charge is 0.481 e. The summed E-state index contributed by atoms with van der Waals surface area (Å²) in [5.41, 5.74) is 6.00. The molecule has 8 nitrogen and oxygen atoms in total. The van der Waals surface area contributed by atoms with Gasteiger partial charge in [-0.3, -0.25) is 4.72 Å². The summed E-state index contributed by atoms with van der Waals surface area (Å²) in [7, 11) is -1.02. The zero-order valence-electron chi connectivity index (χ0n) is 12.4. The van der Waals surface area contributed by atoms with Gasteiger partial charge in [0, 0.05) is 11.8 Å². The first-order valence-corrected chi connectivity index (χ1v) is 7.28. The molecular formula is C12H14N4NaO4S+. The third-order valence-corrected chi connectivity index (χ3v) is 3.87. The van der Waals surface area contributed by atoms with E-state index in [0.717, 1.165) is 0 Å². The van der Waals surface area contributed by atoms with Gasteiger partial charge in [0.2, 0.25) is 5.88 Å². The van der Waals surface area contributed by atoms with Gasteiger partial charge >= 0.3 is 35.6 Å². The minimum Gasteiger partial charge on any atom is -0.481 e. The maximum Gasteiger partial charge on any atom is 1.00 e. The van der Waals surface area contributed by atoms with Crippen molar-refractivity contribution >= 4 is 21.5 Å². The van der Waals surface area contributed by atoms with E-state index < -0.39 is 10.0 Å². The number of nitrogens with two attached hydrogens (primary N) is 1. The van der Waals surface area contributed by atoms with Gasteiger partial charge in [0.05, 0.1) is 19.1 Å². The van der Waals surface area contributed by atoms with Crippen molar-refractivity contribution in [3.05, 3.63) is 30.3 Å². The first-order valence-electron chi connectivity index (χ1n) is 5.80. The molecule has 0 atom stereocenters. The normalized spacial score (nSPS) is 10.5. The number of ether oxygens (including phenoxy) is 2. The fourth-order valence-corrected chi connectivity index (χ4v) is 2.49. The zero-order valence-corrected chi connectivity index (χ0v) is 15.2. The van der Waals surface area contributed by atoms with Gasteiger partial charge in [-0.15, -0.1) is 0 Å². The minimum absolute atomic E-state index is 0. The second kappa shape index (κ2) is 7.63. The molecule has 0 aliphatic rings. The van der Waals surface area contributed by atoms with Crippen LogP contribution in [0.15, 0.2) is 35.2 Å². The molecule has 0 aliphatic heterocycles. The molecule has 0 saturated heterocycles. The first kappa shape index (κ1) is 18.5. The predicted molar refractivity (Wildman–Crippen MR) is 76.8 cm³/mol. The van der Waals surface area contributed by atoms with Crippen LogP contribution in [0, 0.1) is 0 Å². The summed E-state index contributed by atoms with van der Waals surface area (Å²) in [5.74, 6) is 0.215. The molecule has 2 aromatic rings. The Morgan fingerprint density at radius 1 is 1.09 bits per heavy atom. The maximum atomic E-state index is 12.2. The van der Waals surface area contributed by atoms with Crippen molar-refractivity contribution in [1.29, 1.82) is 0 Å². The Morgan fingerprint density at radius 2 is 1.73 bits per heavy atom. The van der Waals surface area contributed by atoms with Crippen LogP contribution >= 0.6 is 0 Å². The molecule has 0 aliphatic carbocycles. The molecule has 1 aromatic heterocycles. The Kier molecular flexibility index (Phi) is 6.42. The van der Waals surface area contributed by atoms with Gasteiger partial charge < -0.3 is 15.2 Å². The third kappa shape index (κ3) is 4.47. The minimum atomic E-state index is -3.79. The summed E-state index contributed by atoms with van der Waals surface area (Å²) in [5, 5.41) is 0. The van der Waals surface area contributed by atoms with Crippen LogP contribution in [0.4, 0.5) is 11.5 Å². The number of hydrogen-bond acceptors (Lipinski definition) is 7. The molecule has 1 aromatic carbocycles. The van der Waals surface area contributed by atoms with E-state index in [-0.39, 0.29) is 52.2 Å². The van der Waals surface area contributed by atoms with Gasteiger partial charge in [-0.1, -0.05) is 0 Å². The molecule has 0 unspecified atom stereocenters. The van der Waals surface area contributed by atoms with Crippen LogP contribution in [0.2, 0.25) is 0 Å². The van der Waals surface area contributed by atoms with Crippen molar-refractivity contribution in [2.75, 3.05) is 24.7 Å². The molecular weight excluding hydrogens is 319 g/mol. The fourth-order valence-electron chi connectivity index (χ4n) is 1.50. The molecule has 10 heteroatoms. The molecule has 0 spiro atoms. The number of anilines is 2. The molecule has 2 rings (SSSR count). The average molecular weight is 333 g/mol. The molecule has 0 saturated carbocycles. The van der Waals surface area contributed by atoms with Gasteiger partial charge in [0.1, 0.15) is 0 Å². The average Bonchev–Trinajstić information content (AvgIpc) is 2.46. The molecule has 0 radical (unpaired) electrons. The van der Waals surface area contributed by atoms with Crippen molar-refractivity contribution in [3.8, 4) is 11.9 Å². The quantitative estimate of drug-likeness (QED) is 0.475. The number of nitrogen functional groups attached to an aromatic ring is 1. The standard InChI is InChI=1S/C12H14N4O4S.Na/c1-19-11-7-10(14-12(15-11)20-2)16-21(17,18)9-5-3-8(13)4-6-9;/h3-7H,13H2,1-2H3,(H,14,15,16);/q;+1. The van der Waals surface area contributed by atoms with E-state index in [1.54, 1.807) is 0 Å². The Morgan fingerprint density at radius 3 is 2.27 bits per heavy atom. The van der Waals surface area contributed by atoms with Crippen LogP contribution in [-0.4, -0.2) is 32.6 Å². The monoisotopic (exact) mass is 333 g/mol. The van der Waals surface area contributed by atoms with E-state index in [2.05, 4.69) is 14.7 Å². The SMILES string of the molecule is COc1cc(NS(=O)(=O)c2ccc(N)cc2)nc(OC)n1.[Na+]. The van der Waals surface area contributed by atoms with Gasteiger partial charge in [-0.05, 0) is 24.3 Å². The van der Waals surface area contributed by atoms with Gasteiger partial charge in [0.25, 0.3) is 10.0 Å². The molecule has 0 bridgehead atoms. The van der Waals surface area contributed by atoms with Crippen molar-refractivity contribution in [2.24, 2.45) is 0 Å². The third-order valence-electron chi connectivity index (χ3n) is 2.50. The molecule has 22 heavy (non-hydrogen) atoms. The molecule has 0 amide bonds. The van der Waals surface area contributed by atoms with Crippen LogP contribution in [0.25, 0.3) is 0 Å². The Balaban J connectivity index is 0.00000242. The number of rotatable bonds is 5. The van der Waals surface area contributed by atoms with E-state index in [0.29, 0.717) is 5.69 Å². The Labute approximate surface area is 150 Å². The summed E-state index contributed by atoms with van der Waals surface area (Å²) < 4.78 is 36.6. The summed E-state index contributed by atoms with van der Waals surface area (Å²) in [6.45, 7) is 0. The molecule has 0 fully saturated rings. The molecule has 1 heterocycles. The topological polar surface area (TPSA) is 116 Å².